The van der Waals surface area contributed by atoms with Crippen LogP contribution in [0.15, 0.2) is 41.4 Å². The van der Waals surface area contributed by atoms with Crippen molar-refractivity contribution in [3.8, 4) is 17.2 Å². The number of aliphatic imine (C=N–C) groups is 1. The first-order valence-electron chi connectivity index (χ1n) is 7.26. The van der Waals surface area contributed by atoms with Crippen molar-refractivity contribution in [2.45, 2.75) is 18.8 Å². The lowest BCUT2D eigenvalue weighted by Gasteiger charge is -2.28. The van der Waals surface area contributed by atoms with E-state index in [9.17, 15) is 5.11 Å². The molecule has 114 valence electrons. The highest BCUT2D eigenvalue weighted by Gasteiger charge is 2.37. The normalized spacial score (nSPS) is 19.0. The Balaban J connectivity index is 2.22. The zero-order valence-electron chi connectivity index (χ0n) is 13.0. The Hall–Kier alpha value is -2.49. The lowest BCUT2D eigenvalue weighted by Crippen LogP contribution is -2.26. The molecule has 0 bridgehead atoms. The molecule has 0 fully saturated rings. The molecular formula is C18H19NO3. The predicted octanol–water partition coefficient (Wildman–Crippen LogP) is 3.82. The van der Waals surface area contributed by atoms with Crippen LogP contribution < -0.4 is 9.47 Å². The summed E-state index contributed by atoms with van der Waals surface area (Å²) in [5.74, 6) is 0.936. The van der Waals surface area contributed by atoms with E-state index in [2.05, 4.69) is 18.0 Å². The van der Waals surface area contributed by atoms with Gasteiger partial charge in [-0.25, -0.2) is 0 Å². The topological polar surface area (TPSA) is 51.0 Å². The molecule has 3 rings (SSSR count). The van der Waals surface area contributed by atoms with Crippen LogP contribution in [-0.2, 0) is 5.41 Å². The van der Waals surface area contributed by atoms with Gasteiger partial charge in [0.15, 0.2) is 11.5 Å². The van der Waals surface area contributed by atoms with E-state index in [-0.39, 0.29) is 11.2 Å². The van der Waals surface area contributed by atoms with E-state index >= 15 is 0 Å². The van der Waals surface area contributed by atoms with Crippen LogP contribution in [0.2, 0.25) is 0 Å². The van der Waals surface area contributed by atoms with Gasteiger partial charge >= 0.3 is 0 Å². The average Bonchev–Trinajstić information content (AvgIpc) is 2.94. The fourth-order valence-electron chi connectivity index (χ4n) is 3.13. The number of hydrogen-bond donors (Lipinski definition) is 1. The van der Waals surface area contributed by atoms with E-state index < -0.39 is 0 Å². The third kappa shape index (κ3) is 1.95. The largest absolute Gasteiger partial charge is 0.504 e. The average molecular weight is 297 g/mol. The molecule has 4 nitrogen and oxygen atoms in total. The number of benzene rings is 2. The van der Waals surface area contributed by atoms with E-state index in [0.717, 1.165) is 23.2 Å². The van der Waals surface area contributed by atoms with Crippen molar-refractivity contribution in [3.63, 3.8) is 0 Å². The molecule has 0 radical (unpaired) electrons. The van der Waals surface area contributed by atoms with Crippen molar-refractivity contribution < 1.29 is 14.6 Å². The molecular weight excluding hydrogens is 278 g/mol. The van der Waals surface area contributed by atoms with Gasteiger partial charge in [-0.2, -0.15) is 0 Å². The first-order valence-corrected chi connectivity index (χ1v) is 7.26. The molecule has 1 unspecified atom stereocenters. The van der Waals surface area contributed by atoms with E-state index in [1.54, 1.807) is 13.2 Å². The smallest absolute Gasteiger partial charge is 0.203 e. The van der Waals surface area contributed by atoms with Crippen LogP contribution in [-0.4, -0.2) is 25.5 Å². The van der Waals surface area contributed by atoms with Gasteiger partial charge in [-0.3, -0.25) is 4.99 Å². The molecule has 2 aromatic carbocycles. The van der Waals surface area contributed by atoms with E-state index in [1.165, 1.54) is 7.11 Å². The summed E-state index contributed by atoms with van der Waals surface area (Å²) in [6, 6.07) is 11.7. The SMILES string of the molecule is CCC1(c2cc(O)c(OC)c(OC)c2)C=Nc2ccccc21. The molecule has 0 aromatic heterocycles. The summed E-state index contributed by atoms with van der Waals surface area (Å²) in [4.78, 5) is 4.55. The van der Waals surface area contributed by atoms with Gasteiger partial charge in [-0.05, 0) is 35.7 Å². The van der Waals surface area contributed by atoms with Crippen LogP contribution in [0.4, 0.5) is 5.69 Å². The monoisotopic (exact) mass is 297 g/mol. The molecule has 22 heavy (non-hydrogen) atoms. The van der Waals surface area contributed by atoms with E-state index in [1.807, 2.05) is 30.5 Å². The van der Waals surface area contributed by atoms with E-state index in [4.69, 9.17) is 9.47 Å². The third-order valence-electron chi connectivity index (χ3n) is 4.34. The standard InChI is InChI=1S/C18H19NO3/c1-4-18(11-19-14-8-6-5-7-13(14)18)12-9-15(20)17(22-3)16(10-12)21-2/h5-11,20H,4H2,1-3H3. The van der Waals surface area contributed by atoms with Gasteiger partial charge in [0.25, 0.3) is 0 Å². The summed E-state index contributed by atoms with van der Waals surface area (Å²) in [6.07, 6.45) is 2.79. The van der Waals surface area contributed by atoms with Crippen LogP contribution in [0.1, 0.15) is 24.5 Å². The first kappa shape index (κ1) is 14.4. The Morgan fingerprint density at radius 2 is 1.91 bits per heavy atom. The number of ether oxygens (including phenoxy) is 2. The van der Waals surface area contributed by atoms with Crippen molar-refractivity contribution in [1.82, 2.24) is 0 Å². The first-order chi connectivity index (χ1) is 10.7. The molecule has 1 aliphatic heterocycles. The summed E-state index contributed by atoms with van der Waals surface area (Å²) in [5.41, 5.74) is 2.70. The van der Waals surface area contributed by atoms with Crippen molar-refractivity contribution in [1.29, 1.82) is 0 Å². The number of aromatic hydroxyl groups is 1. The lowest BCUT2D eigenvalue weighted by molar-refractivity contribution is 0.332. The quantitative estimate of drug-likeness (QED) is 0.933. The Morgan fingerprint density at radius 1 is 1.14 bits per heavy atom. The van der Waals surface area contributed by atoms with Crippen molar-refractivity contribution in [2.24, 2.45) is 4.99 Å². The summed E-state index contributed by atoms with van der Waals surface area (Å²) in [6.45, 7) is 2.11. The third-order valence-corrected chi connectivity index (χ3v) is 4.34. The predicted molar refractivity (Wildman–Crippen MR) is 86.9 cm³/mol. The molecule has 0 saturated heterocycles. The lowest BCUT2D eigenvalue weighted by atomic mass is 9.74. The number of rotatable bonds is 4. The van der Waals surface area contributed by atoms with Gasteiger partial charge in [-0.1, -0.05) is 25.1 Å². The summed E-state index contributed by atoms with van der Waals surface area (Å²) < 4.78 is 10.6. The van der Waals surface area contributed by atoms with Crippen molar-refractivity contribution >= 4 is 11.9 Å². The molecule has 1 atom stereocenters. The van der Waals surface area contributed by atoms with Gasteiger partial charge in [-0.15, -0.1) is 0 Å². The van der Waals surface area contributed by atoms with Gasteiger partial charge in [0.1, 0.15) is 0 Å². The molecule has 1 heterocycles. The van der Waals surface area contributed by atoms with Gasteiger partial charge in [0.05, 0.1) is 25.3 Å². The number of nitrogens with zero attached hydrogens (tertiary/aromatic N) is 1. The van der Waals surface area contributed by atoms with Crippen LogP contribution >= 0.6 is 0 Å². The number of phenols is 1. The fourth-order valence-corrected chi connectivity index (χ4v) is 3.13. The highest BCUT2D eigenvalue weighted by Crippen LogP contribution is 2.48. The van der Waals surface area contributed by atoms with Gasteiger partial charge < -0.3 is 14.6 Å². The van der Waals surface area contributed by atoms with Crippen molar-refractivity contribution in [3.05, 3.63) is 47.5 Å². The highest BCUT2D eigenvalue weighted by atomic mass is 16.5. The van der Waals surface area contributed by atoms with Crippen LogP contribution in [0.5, 0.6) is 17.2 Å². The molecule has 0 saturated carbocycles. The second kappa shape index (κ2) is 5.37. The number of para-hydroxylation sites is 1. The second-order valence-corrected chi connectivity index (χ2v) is 5.33. The summed E-state index contributed by atoms with van der Waals surface area (Å²) in [7, 11) is 3.08. The molecule has 2 aromatic rings. The Kier molecular flexibility index (Phi) is 3.53. The summed E-state index contributed by atoms with van der Waals surface area (Å²) >= 11 is 0. The molecule has 0 aliphatic carbocycles. The Bertz CT molecular complexity index is 739. The van der Waals surface area contributed by atoms with Crippen LogP contribution in [0.25, 0.3) is 0 Å². The fraction of sp³-hybridized carbons (Fsp3) is 0.278. The number of hydrogen-bond acceptors (Lipinski definition) is 4. The van der Waals surface area contributed by atoms with Crippen molar-refractivity contribution in [2.75, 3.05) is 14.2 Å². The summed E-state index contributed by atoms with van der Waals surface area (Å²) in [5, 5.41) is 10.3. The van der Waals surface area contributed by atoms with E-state index in [0.29, 0.717) is 11.5 Å². The van der Waals surface area contributed by atoms with Crippen LogP contribution in [0.3, 0.4) is 0 Å². The molecule has 0 spiro atoms. The maximum Gasteiger partial charge on any atom is 0.203 e. The second-order valence-electron chi connectivity index (χ2n) is 5.33. The zero-order chi connectivity index (χ0) is 15.7. The molecule has 0 amide bonds. The van der Waals surface area contributed by atoms with Gasteiger partial charge in [0, 0.05) is 6.21 Å². The maximum atomic E-state index is 10.3. The highest BCUT2D eigenvalue weighted by molar-refractivity contribution is 5.89. The molecule has 1 aliphatic rings. The minimum absolute atomic E-state index is 0.0717. The molecule has 1 N–H and O–H groups in total. The number of phenolic OH excluding ortho intramolecular Hbond substituents is 1. The van der Waals surface area contributed by atoms with Crippen LogP contribution in [0, 0.1) is 0 Å². The zero-order valence-corrected chi connectivity index (χ0v) is 13.0. The minimum Gasteiger partial charge on any atom is -0.504 e. The number of fused-ring (bicyclic) bond motifs is 1. The maximum absolute atomic E-state index is 10.3. The number of methoxy groups -OCH3 is 2. The Morgan fingerprint density at radius 3 is 2.59 bits per heavy atom. The molecule has 4 heteroatoms. The van der Waals surface area contributed by atoms with Gasteiger partial charge in [0.2, 0.25) is 5.75 Å². The minimum atomic E-state index is -0.354. The Labute approximate surface area is 130 Å².